The molecule has 0 N–H and O–H groups in total. The van der Waals surface area contributed by atoms with Crippen molar-refractivity contribution in [2.45, 2.75) is 78.7 Å². The second kappa shape index (κ2) is 10.7. The molecule has 0 fully saturated rings. The van der Waals surface area contributed by atoms with Crippen LogP contribution in [0.2, 0.25) is 0 Å². The van der Waals surface area contributed by atoms with Gasteiger partial charge in [-0.1, -0.05) is 84.4 Å². The molecule has 0 amide bonds. The van der Waals surface area contributed by atoms with Gasteiger partial charge in [0.1, 0.15) is 17.2 Å². The van der Waals surface area contributed by atoms with Crippen LogP contribution in [0.1, 0.15) is 71.9 Å². The van der Waals surface area contributed by atoms with Gasteiger partial charge in [0.25, 0.3) is 0 Å². The van der Waals surface area contributed by atoms with Crippen LogP contribution in [-0.4, -0.2) is 6.10 Å². The van der Waals surface area contributed by atoms with Crippen LogP contribution in [0.25, 0.3) is 11.1 Å². The maximum Gasteiger partial charge on any atom is 0.131 e. The fraction of sp³-hybridized carbons (Fsp3) is 0.400. The predicted molar refractivity (Wildman–Crippen MR) is 136 cm³/mol. The van der Waals surface area contributed by atoms with Crippen LogP contribution >= 0.6 is 0 Å². The molecule has 0 aliphatic rings. The highest BCUT2D eigenvalue weighted by Gasteiger charge is 2.14. The Hall–Kier alpha value is -2.74. The minimum atomic E-state index is 0.135. The van der Waals surface area contributed by atoms with E-state index in [0.717, 1.165) is 54.1 Å². The molecule has 0 unspecified atom stereocenters. The number of aryl methyl sites for hydroxylation is 1. The van der Waals surface area contributed by atoms with Gasteiger partial charge in [-0.2, -0.15) is 0 Å². The number of hydrogen-bond acceptors (Lipinski definition) is 2. The van der Waals surface area contributed by atoms with Crippen LogP contribution in [0.5, 0.6) is 17.2 Å². The largest absolute Gasteiger partial charge is 0.490 e. The summed E-state index contributed by atoms with van der Waals surface area (Å²) in [5.41, 5.74) is 5.00. The van der Waals surface area contributed by atoms with Crippen molar-refractivity contribution in [1.82, 2.24) is 0 Å². The zero-order valence-corrected chi connectivity index (χ0v) is 20.6. The van der Waals surface area contributed by atoms with E-state index < -0.39 is 0 Å². The van der Waals surface area contributed by atoms with Gasteiger partial charge in [0, 0.05) is 0 Å². The molecule has 3 aromatic rings. The van der Waals surface area contributed by atoms with Crippen molar-refractivity contribution < 1.29 is 9.47 Å². The summed E-state index contributed by atoms with van der Waals surface area (Å²) in [4.78, 5) is 0. The van der Waals surface area contributed by atoms with Gasteiger partial charge in [-0.25, -0.2) is 0 Å². The molecule has 0 atom stereocenters. The van der Waals surface area contributed by atoms with Crippen LogP contribution < -0.4 is 9.47 Å². The standard InChI is InChI=1S/C30H38O2/c1-7-10-23-11-12-24(22-13-17-27(18-14-22)31-26(8-2)9-3)21-29(23)32-28-19-15-25(16-20-28)30(4,5)6/h11-21,26H,7-10H2,1-6H3. The molecule has 0 aliphatic carbocycles. The summed E-state index contributed by atoms with van der Waals surface area (Å²) in [6.45, 7) is 13.2. The smallest absolute Gasteiger partial charge is 0.131 e. The van der Waals surface area contributed by atoms with Gasteiger partial charge in [0.05, 0.1) is 6.10 Å². The molecule has 0 spiro atoms. The number of benzene rings is 3. The van der Waals surface area contributed by atoms with Crippen LogP contribution in [0, 0.1) is 0 Å². The first kappa shape index (κ1) is 23.9. The molecule has 2 heteroatoms. The highest BCUT2D eigenvalue weighted by Crippen LogP contribution is 2.33. The minimum Gasteiger partial charge on any atom is -0.490 e. The van der Waals surface area contributed by atoms with Crippen LogP contribution in [0.3, 0.4) is 0 Å². The highest BCUT2D eigenvalue weighted by atomic mass is 16.5. The Morgan fingerprint density at radius 3 is 1.88 bits per heavy atom. The van der Waals surface area contributed by atoms with Crippen LogP contribution in [0.15, 0.2) is 66.7 Å². The molecular weight excluding hydrogens is 392 g/mol. The molecule has 0 aliphatic heterocycles. The predicted octanol–water partition coefficient (Wildman–Crippen LogP) is 8.96. The van der Waals surface area contributed by atoms with E-state index in [0.29, 0.717) is 0 Å². The van der Waals surface area contributed by atoms with E-state index in [9.17, 15) is 0 Å². The van der Waals surface area contributed by atoms with Crippen molar-refractivity contribution in [3.63, 3.8) is 0 Å². The minimum absolute atomic E-state index is 0.135. The van der Waals surface area contributed by atoms with Gasteiger partial charge in [-0.15, -0.1) is 0 Å². The van der Waals surface area contributed by atoms with E-state index in [1.165, 1.54) is 11.1 Å². The Labute approximate surface area is 194 Å². The Morgan fingerprint density at radius 2 is 1.31 bits per heavy atom. The van der Waals surface area contributed by atoms with E-state index >= 15 is 0 Å². The van der Waals surface area contributed by atoms with Gasteiger partial charge >= 0.3 is 0 Å². The van der Waals surface area contributed by atoms with E-state index in [-0.39, 0.29) is 11.5 Å². The lowest BCUT2D eigenvalue weighted by atomic mass is 9.87. The van der Waals surface area contributed by atoms with Crippen molar-refractivity contribution in [2.24, 2.45) is 0 Å². The third kappa shape index (κ3) is 6.16. The molecule has 2 nitrogen and oxygen atoms in total. The average molecular weight is 431 g/mol. The highest BCUT2D eigenvalue weighted by molar-refractivity contribution is 5.67. The maximum absolute atomic E-state index is 6.37. The van der Waals surface area contributed by atoms with E-state index in [1.54, 1.807) is 0 Å². The number of rotatable bonds is 9. The topological polar surface area (TPSA) is 18.5 Å². The average Bonchev–Trinajstić information content (AvgIpc) is 2.79. The number of hydrogen-bond donors (Lipinski definition) is 0. The monoisotopic (exact) mass is 430 g/mol. The lowest BCUT2D eigenvalue weighted by molar-refractivity contribution is 0.193. The Balaban J connectivity index is 1.84. The Bertz CT molecular complexity index is 975. The molecule has 0 bridgehead atoms. The first-order valence-electron chi connectivity index (χ1n) is 12.0. The molecule has 3 rings (SSSR count). The summed E-state index contributed by atoms with van der Waals surface area (Å²) in [5, 5.41) is 0. The van der Waals surface area contributed by atoms with Crippen molar-refractivity contribution in [3.8, 4) is 28.4 Å². The second-order valence-corrected chi connectivity index (χ2v) is 9.53. The van der Waals surface area contributed by atoms with Crippen LogP contribution in [-0.2, 0) is 11.8 Å². The maximum atomic E-state index is 6.37. The van der Waals surface area contributed by atoms with Crippen molar-refractivity contribution in [2.75, 3.05) is 0 Å². The fourth-order valence-corrected chi connectivity index (χ4v) is 3.83. The Morgan fingerprint density at radius 1 is 0.719 bits per heavy atom. The first-order chi connectivity index (χ1) is 15.3. The van der Waals surface area contributed by atoms with E-state index in [1.807, 2.05) is 0 Å². The molecular formula is C30H38O2. The van der Waals surface area contributed by atoms with E-state index in [2.05, 4.69) is 108 Å². The fourth-order valence-electron chi connectivity index (χ4n) is 3.83. The molecule has 32 heavy (non-hydrogen) atoms. The van der Waals surface area contributed by atoms with Gasteiger partial charge in [-0.3, -0.25) is 0 Å². The van der Waals surface area contributed by atoms with E-state index in [4.69, 9.17) is 9.47 Å². The number of ether oxygens (including phenoxy) is 2. The van der Waals surface area contributed by atoms with Gasteiger partial charge in [0.2, 0.25) is 0 Å². The summed E-state index contributed by atoms with van der Waals surface area (Å²) in [7, 11) is 0. The van der Waals surface area contributed by atoms with Gasteiger partial charge < -0.3 is 9.47 Å². The lowest BCUT2D eigenvalue weighted by Crippen LogP contribution is -2.13. The molecule has 0 saturated heterocycles. The zero-order chi connectivity index (χ0) is 23.1. The summed E-state index contributed by atoms with van der Waals surface area (Å²) in [5.74, 6) is 2.74. The summed E-state index contributed by atoms with van der Waals surface area (Å²) < 4.78 is 12.4. The Kier molecular flexibility index (Phi) is 8.01. The summed E-state index contributed by atoms with van der Waals surface area (Å²) in [6, 6.07) is 23.4. The molecule has 0 aromatic heterocycles. The molecule has 0 heterocycles. The SMILES string of the molecule is CCCc1ccc(-c2ccc(OC(CC)CC)cc2)cc1Oc1ccc(C(C)(C)C)cc1. The molecule has 170 valence electrons. The third-order valence-corrected chi connectivity index (χ3v) is 5.94. The first-order valence-corrected chi connectivity index (χ1v) is 12.0. The zero-order valence-electron chi connectivity index (χ0n) is 20.6. The quantitative estimate of drug-likeness (QED) is 0.337. The molecule has 3 aromatic carbocycles. The van der Waals surface area contributed by atoms with Crippen molar-refractivity contribution in [1.29, 1.82) is 0 Å². The lowest BCUT2D eigenvalue weighted by Gasteiger charge is -2.19. The second-order valence-electron chi connectivity index (χ2n) is 9.53. The van der Waals surface area contributed by atoms with Gasteiger partial charge in [0.15, 0.2) is 0 Å². The van der Waals surface area contributed by atoms with Crippen molar-refractivity contribution in [3.05, 3.63) is 77.9 Å². The normalized spacial score (nSPS) is 11.6. The summed E-state index contributed by atoms with van der Waals surface area (Å²) >= 11 is 0. The van der Waals surface area contributed by atoms with Crippen molar-refractivity contribution >= 4 is 0 Å². The van der Waals surface area contributed by atoms with Crippen LogP contribution in [0.4, 0.5) is 0 Å². The summed E-state index contributed by atoms with van der Waals surface area (Å²) in [6.07, 6.45) is 4.40. The molecule has 0 radical (unpaired) electrons. The third-order valence-electron chi connectivity index (χ3n) is 5.94. The molecule has 0 saturated carbocycles. The van der Waals surface area contributed by atoms with Gasteiger partial charge in [-0.05, 0) is 77.3 Å².